The Balaban J connectivity index is 1.66. The summed E-state index contributed by atoms with van der Waals surface area (Å²) in [7, 11) is 1.63. The van der Waals surface area contributed by atoms with Crippen LogP contribution in [0.3, 0.4) is 0 Å². The molecule has 0 bridgehead atoms. The minimum absolute atomic E-state index is 0.460. The van der Waals surface area contributed by atoms with Gasteiger partial charge in [0.15, 0.2) is 11.5 Å². The number of methoxy groups -OCH3 is 1. The largest absolute Gasteiger partial charge is 0.497 e. The molecule has 0 fully saturated rings. The molecule has 27 heavy (non-hydrogen) atoms. The topological polar surface area (TPSA) is 76.4 Å². The molecule has 0 amide bonds. The minimum atomic E-state index is 0.460. The third kappa shape index (κ3) is 3.48. The van der Waals surface area contributed by atoms with Gasteiger partial charge in [-0.05, 0) is 48.5 Å². The van der Waals surface area contributed by atoms with Gasteiger partial charge in [0, 0.05) is 17.3 Å². The number of nitrogens with zero attached hydrogens (tertiary/aromatic N) is 2. The third-order valence-electron chi connectivity index (χ3n) is 4.21. The van der Waals surface area contributed by atoms with E-state index in [1.165, 1.54) is 0 Å². The number of hydrogen-bond acceptors (Lipinski definition) is 6. The highest BCUT2D eigenvalue weighted by atomic mass is 16.6. The first-order valence-electron chi connectivity index (χ1n) is 8.49. The van der Waals surface area contributed by atoms with Crippen molar-refractivity contribution in [3.63, 3.8) is 0 Å². The Bertz CT molecular complexity index is 1010. The smallest absolute Gasteiger partial charge is 0.163 e. The van der Waals surface area contributed by atoms with Crippen LogP contribution in [0.25, 0.3) is 11.3 Å². The van der Waals surface area contributed by atoms with Crippen LogP contribution in [0.2, 0.25) is 0 Å². The molecule has 6 heteroatoms. The zero-order valence-corrected chi connectivity index (χ0v) is 14.7. The lowest BCUT2D eigenvalue weighted by molar-refractivity contribution is 0.171. The van der Waals surface area contributed by atoms with Crippen LogP contribution in [-0.4, -0.2) is 25.3 Å². The van der Waals surface area contributed by atoms with E-state index in [0.717, 1.165) is 22.7 Å². The molecule has 0 saturated heterocycles. The fraction of sp³-hybridized carbons (Fsp3) is 0.143. The Kier molecular flexibility index (Phi) is 4.50. The predicted molar refractivity (Wildman–Crippen MR) is 102 cm³/mol. The quantitative estimate of drug-likeness (QED) is 0.754. The van der Waals surface area contributed by atoms with E-state index < -0.39 is 0 Å². The number of pyridine rings is 1. The summed E-state index contributed by atoms with van der Waals surface area (Å²) in [6.45, 7) is 1.06. The number of ether oxygens (including phenoxy) is 3. The van der Waals surface area contributed by atoms with Gasteiger partial charge in [0.05, 0.1) is 18.4 Å². The maximum absolute atomic E-state index is 9.43. The number of nitriles is 1. The lowest BCUT2D eigenvalue weighted by atomic mass is 10.1. The van der Waals surface area contributed by atoms with Crippen molar-refractivity contribution in [1.29, 1.82) is 5.26 Å². The summed E-state index contributed by atoms with van der Waals surface area (Å²) < 4.78 is 16.3. The summed E-state index contributed by atoms with van der Waals surface area (Å²) in [6.07, 6.45) is 0. The highest BCUT2D eigenvalue weighted by molar-refractivity contribution is 5.70. The van der Waals surface area contributed by atoms with Crippen LogP contribution in [0.5, 0.6) is 17.2 Å². The van der Waals surface area contributed by atoms with E-state index in [1.807, 2.05) is 48.5 Å². The number of fused-ring (bicyclic) bond motifs is 1. The van der Waals surface area contributed by atoms with E-state index >= 15 is 0 Å². The van der Waals surface area contributed by atoms with E-state index in [-0.39, 0.29) is 0 Å². The third-order valence-corrected chi connectivity index (χ3v) is 4.21. The molecule has 0 saturated carbocycles. The Labute approximate surface area is 157 Å². The van der Waals surface area contributed by atoms with Gasteiger partial charge in [0.2, 0.25) is 0 Å². The van der Waals surface area contributed by atoms with Crippen molar-refractivity contribution in [2.45, 2.75) is 0 Å². The average molecular weight is 359 g/mol. The van der Waals surface area contributed by atoms with Crippen molar-refractivity contribution >= 4 is 11.5 Å². The van der Waals surface area contributed by atoms with Gasteiger partial charge in [-0.15, -0.1) is 0 Å². The summed E-state index contributed by atoms with van der Waals surface area (Å²) in [4.78, 5) is 4.63. The predicted octanol–water partition coefficient (Wildman–Crippen LogP) is 4.14. The summed E-state index contributed by atoms with van der Waals surface area (Å²) in [5.41, 5.74) is 2.93. The molecule has 0 unspecified atom stereocenters. The van der Waals surface area contributed by atoms with Gasteiger partial charge in [0.1, 0.15) is 30.9 Å². The van der Waals surface area contributed by atoms with Gasteiger partial charge >= 0.3 is 0 Å². The minimum Gasteiger partial charge on any atom is -0.497 e. The Morgan fingerprint density at radius 1 is 1.00 bits per heavy atom. The number of rotatable bonds is 4. The van der Waals surface area contributed by atoms with Crippen molar-refractivity contribution in [3.8, 4) is 34.6 Å². The standard InChI is InChI=1S/C21H17N3O3/c1-25-17-6-2-14(3-7-17)18-8-4-15(13-22)21(24-18)23-16-5-9-19-20(12-16)27-11-10-26-19/h2-9,12H,10-11H2,1H3,(H,23,24). The molecular weight excluding hydrogens is 342 g/mol. The number of hydrogen-bond donors (Lipinski definition) is 1. The van der Waals surface area contributed by atoms with Crippen LogP contribution >= 0.6 is 0 Å². The zero-order chi connectivity index (χ0) is 18.6. The second-order valence-corrected chi connectivity index (χ2v) is 5.92. The molecule has 1 aromatic heterocycles. The molecule has 2 heterocycles. The Morgan fingerprint density at radius 2 is 1.78 bits per heavy atom. The molecule has 0 spiro atoms. The SMILES string of the molecule is COc1ccc(-c2ccc(C#N)c(Nc3ccc4c(c3)OCCO4)n2)cc1. The molecule has 3 aromatic rings. The number of anilines is 2. The molecule has 1 aliphatic rings. The summed E-state index contributed by atoms with van der Waals surface area (Å²) in [5.74, 6) is 2.66. The van der Waals surface area contributed by atoms with Gasteiger partial charge < -0.3 is 19.5 Å². The fourth-order valence-corrected chi connectivity index (χ4v) is 2.83. The van der Waals surface area contributed by atoms with Gasteiger partial charge in [-0.25, -0.2) is 4.98 Å². The summed E-state index contributed by atoms with van der Waals surface area (Å²) in [6, 6.07) is 18.9. The van der Waals surface area contributed by atoms with E-state index in [9.17, 15) is 5.26 Å². The summed E-state index contributed by atoms with van der Waals surface area (Å²) in [5, 5.41) is 12.6. The van der Waals surface area contributed by atoms with Crippen LogP contribution in [-0.2, 0) is 0 Å². The van der Waals surface area contributed by atoms with Crippen LogP contribution < -0.4 is 19.5 Å². The van der Waals surface area contributed by atoms with Crippen molar-refractivity contribution in [1.82, 2.24) is 4.98 Å². The fourth-order valence-electron chi connectivity index (χ4n) is 2.83. The molecule has 1 N–H and O–H groups in total. The van der Waals surface area contributed by atoms with Crippen molar-refractivity contribution < 1.29 is 14.2 Å². The molecule has 6 nitrogen and oxygen atoms in total. The van der Waals surface area contributed by atoms with E-state index in [4.69, 9.17) is 14.2 Å². The first-order chi connectivity index (χ1) is 13.3. The van der Waals surface area contributed by atoms with Crippen molar-refractivity contribution in [2.75, 3.05) is 25.6 Å². The van der Waals surface area contributed by atoms with Gasteiger partial charge in [0.25, 0.3) is 0 Å². The first-order valence-corrected chi connectivity index (χ1v) is 8.49. The van der Waals surface area contributed by atoms with E-state index in [2.05, 4.69) is 16.4 Å². The maximum Gasteiger partial charge on any atom is 0.163 e. The van der Waals surface area contributed by atoms with Crippen LogP contribution in [0, 0.1) is 11.3 Å². The first kappa shape index (κ1) is 16.7. The lowest BCUT2D eigenvalue weighted by Crippen LogP contribution is -2.15. The highest BCUT2D eigenvalue weighted by Crippen LogP contribution is 2.34. The molecule has 0 radical (unpaired) electrons. The average Bonchev–Trinajstić information content (AvgIpc) is 2.73. The van der Waals surface area contributed by atoms with E-state index in [0.29, 0.717) is 36.1 Å². The Hall–Kier alpha value is -3.72. The number of nitrogens with one attached hydrogen (secondary N) is 1. The van der Waals surface area contributed by atoms with Gasteiger partial charge in [-0.3, -0.25) is 0 Å². The zero-order valence-electron chi connectivity index (χ0n) is 14.7. The number of aromatic nitrogens is 1. The Morgan fingerprint density at radius 3 is 2.52 bits per heavy atom. The van der Waals surface area contributed by atoms with Gasteiger partial charge in [-0.2, -0.15) is 5.26 Å². The lowest BCUT2D eigenvalue weighted by Gasteiger charge is -2.19. The molecule has 134 valence electrons. The second-order valence-electron chi connectivity index (χ2n) is 5.92. The molecule has 1 aliphatic heterocycles. The molecule has 2 aromatic carbocycles. The molecule has 0 aliphatic carbocycles. The van der Waals surface area contributed by atoms with Crippen molar-refractivity contribution in [3.05, 3.63) is 60.2 Å². The van der Waals surface area contributed by atoms with Crippen LogP contribution in [0.1, 0.15) is 5.56 Å². The summed E-state index contributed by atoms with van der Waals surface area (Å²) >= 11 is 0. The van der Waals surface area contributed by atoms with Crippen LogP contribution in [0.4, 0.5) is 11.5 Å². The highest BCUT2D eigenvalue weighted by Gasteiger charge is 2.13. The van der Waals surface area contributed by atoms with E-state index in [1.54, 1.807) is 13.2 Å². The van der Waals surface area contributed by atoms with Crippen molar-refractivity contribution in [2.24, 2.45) is 0 Å². The monoisotopic (exact) mass is 359 g/mol. The second kappa shape index (κ2) is 7.26. The number of benzene rings is 2. The molecule has 0 atom stereocenters. The normalized spacial score (nSPS) is 12.1. The molecule has 4 rings (SSSR count). The van der Waals surface area contributed by atoms with Gasteiger partial charge in [-0.1, -0.05) is 0 Å². The molecular formula is C21H17N3O3. The maximum atomic E-state index is 9.43. The van der Waals surface area contributed by atoms with Crippen LogP contribution in [0.15, 0.2) is 54.6 Å².